The fraction of sp³-hybridized carbons (Fsp3) is 0.933. The van der Waals surface area contributed by atoms with Gasteiger partial charge in [0.05, 0.1) is 5.92 Å². The smallest absolute Gasteiger partial charge is 0.227 e. The van der Waals surface area contributed by atoms with Gasteiger partial charge >= 0.3 is 0 Å². The van der Waals surface area contributed by atoms with Crippen LogP contribution in [0.3, 0.4) is 0 Å². The number of hydrogen-bond acceptors (Lipinski definition) is 2. The highest BCUT2D eigenvalue weighted by Crippen LogP contribution is 2.19. The first kappa shape index (κ1) is 15.5. The van der Waals surface area contributed by atoms with Crippen LogP contribution in [-0.4, -0.2) is 36.5 Å². The first-order valence-corrected chi connectivity index (χ1v) is 7.61. The molecule has 1 aliphatic heterocycles. The Morgan fingerprint density at radius 1 is 1.33 bits per heavy atom. The van der Waals surface area contributed by atoms with Crippen molar-refractivity contribution >= 4 is 5.91 Å². The lowest BCUT2D eigenvalue weighted by atomic mass is 9.96. The molecule has 0 spiro atoms. The molecule has 0 aromatic carbocycles. The summed E-state index contributed by atoms with van der Waals surface area (Å²) in [5, 5.41) is 3.35. The molecule has 3 heteroatoms. The summed E-state index contributed by atoms with van der Waals surface area (Å²) < 4.78 is 0. The fourth-order valence-corrected chi connectivity index (χ4v) is 2.84. The average Bonchev–Trinajstić information content (AvgIpc) is 2.38. The number of nitrogens with zero attached hydrogens (tertiary/aromatic N) is 1. The lowest BCUT2D eigenvalue weighted by Crippen LogP contribution is -2.48. The molecule has 18 heavy (non-hydrogen) atoms. The minimum absolute atomic E-state index is 0.207. The van der Waals surface area contributed by atoms with E-state index in [0.29, 0.717) is 17.9 Å². The van der Waals surface area contributed by atoms with Gasteiger partial charge < -0.3 is 10.2 Å². The second-order valence-electron chi connectivity index (χ2n) is 5.90. The van der Waals surface area contributed by atoms with Gasteiger partial charge in [0.15, 0.2) is 0 Å². The van der Waals surface area contributed by atoms with Crippen LogP contribution in [0.25, 0.3) is 0 Å². The van der Waals surface area contributed by atoms with Crippen LogP contribution in [0.5, 0.6) is 0 Å². The lowest BCUT2D eigenvalue weighted by Gasteiger charge is -2.36. The Labute approximate surface area is 112 Å². The third-order valence-corrected chi connectivity index (χ3v) is 3.87. The molecular formula is C15H30N2O. The Morgan fingerprint density at radius 3 is 2.44 bits per heavy atom. The largest absolute Gasteiger partial charge is 0.339 e. The summed E-state index contributed by atoms with van der Waals surface area (Å²) in [5.41, 5.74) is 0. The molecular weight excluding hydrogens is 224 g/mol. The van der Waals surface area contributed by atoms with Crippen molar-refractivity contribution < 1.29 is 4.79 Å². The molecule has 1 rings (SSSR count). The number of hydrogen-bond donors (Lipinski definition) is 1. The number of carbonyl (C=O) groups excluding carboxylic acids is 1. The Kier molecular flexibility index (Phi) is 6.69. The van der Waals surface area contributed by atoms with E-state index in [9.17, 15) is 4.79 Å². The van der Waals surface area contributed by atoms with Crippen molar-refractivity contribution in [3.8, 4) is 0 Å². The van der Waals surface area contributed by atoms with E-state index in [2.05, 4.69) is 37.9 Å². The monoisotopic (exact) mass is 254 g/mol. The molecule has 1 aliphatic rings. The van der Waals surface area contributed by atoms with E-state index in [-0.39, 0.29) is 5.92 Å². The number of carbonyl (C=O) groups is 1. The summed E-state index contributed by atoms with van der Waals surface area (Å²) in [6.45, 7) is 11.6. The average molecular weight is 254 g/mol. The van der Waals surface area contributed by atoms with Crippen LogP contribution >= 0.6 is 0 Å². The topological polar surface area (TPSA) is 32.3 Å². The Balaban J connectivity index is 2.70. The maximum atomic E-state index is 12.7. The van der Waals surface area contributed by atoms with Gasteiger partial charge in [0.25, 0.3) is 0 Å². The normalized spacial score (nSPS) is 20.4. The summed E-state index contributed by atoms with van der Waals surface area (Å²) >= 11 is 0. The predicted molar refractivity (Wildman–Crippen MR) is 76.5 cm³/mol. The highest BCUT2D eigenvalue weighted by atomic mass is 16.2. The van der Waals surface area contributed by atoms with Crippen LogP contribution in [0, 0.1) is 11.8 Å². The zero-order chi connectivity index (χ0) is 13.5. The van der Waals surface area contributed by atoms with Crippen molar-refractivity contribution in [2.24, 2.45) is 11.8 Å². The van der Waals surface area contributed by atoms with Gasteiger partial charge in [-0.1, -0.05) is 27.7 Å². The van der Waals surface area contributed by atoms with E-state index in [1.165, 1.54) is 0 Å². The number of piperidine rings is 1. The van der Waals surface area contributed by atoms with Gasteiger partial charge in [0.1, 0.15) is 0 Å². The molecule has 0 bridgehead atoms. The van der Waals surface area contributed by atoms with Crippen LogP contribution in [-0.2, 0) is 4.79 Å². The van der Waals surface area contributed by atoms with E-state index in [1.807, 2.05) is 0 Å². The fourth-order valence-electron chi connectivity index (χ4n) is 2.84. The van der Waals surface area contributed by atoms with Crippen LogP contribution in [0.1, 0.15) is 53.4 Å². The second-order valence-corrected chi connectivity index (χ2v) is 5.90. The standard InChI is InChI=1S/C15H30N2O/c1-5-14(6-2)17(11-12(3)4)15(18)13-8-7-9-16-10-13/h12-14,16H,5-11H2,1-4H3/t13-/m1/s1. The van der Waals surface area contributed by atoms with Gasteiger partial charge in [0.2, 0.25) is 5.91 Å². The Morgan fingerprint density at radius 2 is 2.00 bits per heavy atom. The van der Waals surface area contributed by atoms with Crippen LogP contribution in [0.15, 0.2) is 0 Å². The Hall–Kier alpha value is -0.570. The molecule has 1 amide bonds. The minimum Gasteiger partial charge on any atom is -0.339 e. The van der Waals surface area contributed by atoms with Crippen molar-refractivity contribution in [2.45, 2.75) is 59.4 Å². The number of nitrogens with one attached hydrogen (secondary N) is 1. The summed E-state index contributed by atoms with van der Waals surface area (Å²) in [4.78, 5) is 14.8. The summed E-state index contributed by atoms with van der Waals surface area (Å²) in [7, 11) is 0. The highest BCUT2D eigenvalue weighted by Gasteiger charge is 2.29. The minimum atomic E-state index is 0.207. The van der Waals surface area contributed by atoms with Gasteiger partial charge in [0, 0.05) is 19.1 Å². The van der Waals surface area contributed by atoms with E-state index in [4.69, 9.17) is 0 Å². The molecule has 3 nitrogen and oxygen atoms in total. The molecule has 1 N–H and O–H groups in total. The van der Waals surface area contributed by atoms with Crippen molar-refractivity contribution in [2.75, 3.05) is 19.6 Å². The summed E-state index contributed by atoms with van der Waals surface area (Å²) in [5.74, 6) is 1.13. The molecule has 0 unspecified atom stereocenters. The highest BCUT2D eigenvalue weighted by molar-refractivity contribution is 5.79. The third-order valence-electron chi connectivity index (χ3n) is 3.87. The third kappa shape index (κ3) is 4.27. The van der Waals surface area contributed by atoms with E-state index in [0.717, 1.165) is 45.3 Å². The van der Waals surface area contributed by atoms with Crippen molar-refractivity contribution in [1.82, 2.24) is 10.2 Å². The first-order chi connectivity index (χ1) is 8.60. The maximum Gasteiger partial charge on any atom is 0.227 e. The van der Waals surface area contributed by atoms with Crippen LogP contribution in [0.4, 0.5) is 0 Å². The lowest BCUT2D eigenvalue weighted by molar-refractivity contribution is -0.139. The van der Waals surface area contributed by atoms with Gasteiger partial charge in [-0.2, -0.15) is 0 Å². The molecule has 0 aliphatic carbocycles. The van der Waals surface area contributed by atoms with Crippen molar-refractivity contribution in [1.29, 1.82) is 0 Å². The molecule has 0 saturated carbocycles. The number of amides is 1. The SMILES string of the molecule is CCC(CC)N(CC(C)C)C(=O)[C@@H]1CCCNC1. The molecule has 1 fully saturated rings. The van der Waals surface area contributed by atoms with Gasteiger partial charge in [-0.3, -0.25) is 4.79 Å². The van der Waals surface area contributed by atoms with Gasteiger partial charge in [-0.25, -0.2) is 0 Å². The molecule has 106 valence electrons. The van der Waals surface area contributed by atoms with Crippen LogP contribution < -0.4 is 5.32 Å². The zero-order valence-electron chi connectivity index (χ0n) is 12.5. The molecule has 0 aromatic rings. The summed E-state index contributed by atoms with van der Waals surface area (Å²) in [6, 6.07) is 0.418. The molecule has 0 radical (unpaired) electrons. The second kappa shape index (κ2) is 7.78. The zero-order valence-corrected chi connectivity index (χ0v) is 12.5. The molecule has 1 heterocycles. The van der Waals surface area contributed by atoms with E-state index < -0.39 is 0 Å². The maximum absolute atomic E-state index is 12.7. The van der Waals surface area contributed by atoms with Gasteiger partial charge in [-0.15, -0.1) is 0 Å². The van der Waals surface area contributed by atoms with E-state index in [1.54, 1.807) is 0 Å². The molecule has 0 aromatic heterocycles. The number of rotatable bonds is 6. The molecule has 1 saturated heterocycles. The van der Waals surface area contributed by atoms with Crippen molar-refractivity contribution in [3.63, 3.8) is 0 Å². The first-order valence-electron chi connectivity index (χ1n) is 7.61. The Bertz CT molecular complexity index is 243. The van der Waals surface area contributed by atoms with Gasteiger partial charge in [-0.05, 0) is 38.1 Å². The summed E-state index contributed by atoms with van der Waals surface area (Å²) in [6.07, 6.45) is 4.32. The molecule has 1 atom stereocenters. The predicted octanol–water partition coefficient (Wildman–Crippen LogP) is 2.66. The van der Waals surface area contributed by atoms with Crippen LogP contribution in [0.2, 0.25) is 0 Å². The van der Waals surface area contributed by atoms with Crippen molar-refractivity contribution in [3.05, 3.63) is 0 Å². The van der Waals surface area contributed by atoms with E-state index >= 15 is 0 Å². The quantitative estimate of drug-likeness (QED) is 0.790.